The van der Waals surface area contributed by atoms with Gasteiger partial charge < -0.3 is 4.74 Å². The minimum atomic E-state index is 0.327. The average molecular weight is 221 g/mol. The Morgan fingerprint density at radius 3 is 2.65 bits per heavy atom. The van der Waals surface area contributed by atoms with Crippen LogP contribution in [-0.4, -0.2) is 4.98 Å². The van der Waals surface area contributed by atoms with Crippen LogP contribution >= 0.6 is 0 Å². The quantitative estimate of drug-likeness (QED) is 0.781. The zero-order valence-corrected chi connectivity index (χ0v) is 8.79. The minimum absolute atomic E-state index is 0.327. The number of ether oxygens (including phenoxy) is 1. The van der Waals surface area contributed by atoms with Gasteiger partial charge in [-0.25, -0.2) is 0 Å². The molecule has 0 aliphatic rings. The highest BCUT2D eigenvalue weighted by Crippen LogP contribution is 2.24. The Balaban J connectivity index is 2.35. The van der Waals surface area contributed by atoms with Gasteiger partial charge in [-0.15, -0.1) is 0 Å². The first kappa shape index (κ1) is 10.7. The Hall–Kier alpha value is -2.85. The standard InChI is InChI=1S/C13H7N3O/c14-7-10-3-4-13(11(6-10)8-15)17-12-2-1-5-16-9-12/h1-6,9H. The van der Waals surface area contributed by atoms with Gasteiger partial charge in [0.15, 0.2) is 0 Å². The molecule has 0 unspecified atom stereocenters. The van der Waals surface area contributed by atoms with E-state index in [0.717, 1.165) is 0 Å². The van der Waals surface area contributed by atoms with Crippen molar-refractivity contribution < 1.29 is 4.74 Å². The van der Waals surface area contributed by atoms with Gasteiger partial charge >= 0.3 is 0 Å². The second-order valence-electron chi connectivity index (χ2n) is 3.23. The van der Waals surface area contributed by atoms with Crippen LogP contribution in [0.4, 0.5) is 0 Å². The van der Waals surface area contributed by atoms with Crippen molar-refractivity contribution in [2.75, 3.05) is 0 Å². The monoisotopic (exact) mass is 221 g/mol. The number of nitrogens with zero attached hydrogens (tertiary/aromatic N) is 3. The molecule has 2 rings (SSSR count). The topological polar surface area (TPSA) is 69.7 Å². The lowest BCUT2D eigenvalue weighted by molar-refractivity contribution is 0.478. The fourth-order valence-electron chi connectivity index (χ4n) is 1.31. The van der Waals surface area contributed by atoms with Crippen LogP contribution in [0.15, 0.2) is 42.7 Å². The van der Waals surface area contributed by atoms with E-state index in [2.05, 4.69) is 4.98 Å². The Bertz CT molecular complexity index is 609. The van der Waals surface area contributed by atoms with E-state index in [4.69, 9.17) is 15.3 Å². The highest BCUT2D eigenvalue weighted by molar-refractivity contribution is 5.49. The van der Waals surface area contributed by atoms with Crippen molar-refractivity contribution in [2.24, 2.45) is 0 Å². The summed E-state index contributed by atoms with van der Waals surface area (Å²) in [6, 6.07) is 12.1. The Kier molecular flexibility index (Phi) is 3.00. The lowest BCUT2D eigenvalue weighted by Crippen LogP contribution is -1.89. The van der Waals surface area contributed by atoms with Crippen LogP contribution < -0.4 is 4.74 Å². The first-order valence-electron chi connectivity index (χ1n) is 4.85. The molecule has 0 aliphatic carbocycles. The highest BCUT2D eigenvalue weighted by atomic mass is 16.5. The molecule has 17 heavy (non-hydrogen) atoms. The number of rotatable bonds is 2. The minimum Gasteiger partial charge on any atom is -0.454 e. The van der Waals surface area contributed by atoms with E-state index >= 15 is 0 Å². The van der Waals surface area contributed by atoms with E-state index in [1.54, 1.807) is 36.7 Å². The molecule has 0 aliphatic heterocycles. The van der Waals surface area contributed by atoms with Crippen LogP contribution in [0.5, 0.6) is 11.5 Å². The lowest BCUT2D eigenvalue weighted by Gasteiger charge is -2.06. The van der Waals surface area contributed by atoms with Gasteiger partial charge in [-0.2, -0.15) is 10.5 Å². The predicted molar refractivity (Wildman–Crippen MR) is 60.2 cm³/mol. The van der Waals surface area contributed by atoms with Gasteiger partial charge in [-0.05, 0) is 30.3 Å². The molecule has 0 radical (unpaired) electrons. The molecule has 4 heteroatoms. The number of benzene rings is 1. The van der Waals surface area contributed by atoms with E-state index in [-0.39, 0.29) is 0 Å². The maximum atomic E-state index is 8.96. The van der Waals surface area contributed by atoms with Crippen LogP contribution in [0.25, 0.3) is 0 Å². The molecule has 2 aromatic rings. The number of hydrogen-bond donors (Lipinski definition) is 0. The molecule has 4 nitrogen and oxygen atoms in total. The summed E-state index contributed by atoms with van der Waals surface area (Å²) < 4.78 is 5.51. The van der Waals surface area contributed by atoms with Crippen LogP contribution in [0.2, 0.25) is 0 Å². The second kappa shape index (κ2) is 4.78. The summed E-state index contributed by atoms with van der Waals surface area (Å²) in [4.78, 5) is 3.91. The largest absolute Gasteiger partial charge is 0.454 e. The molecular formula is C13H7N3O. The van der Waals surface area contributed by atoms with Crippen molar-refractivity contribution in [2.45, 2.75) is 0 Å². The van der Waals surface area contributed by atoms with E-state index in [9.17, 15) is 0 Å². The molecule has 80 valence electrons. The summed E-state index contributed by atoms with van der Waals surface area (Å²) in [7, 11) is 0. The maximum absolute atomic E-state index is 8.96. The van der Waals surface area contributed by atoms with Crippen molar-refractivity contribution in [1.82, 2.24) is 4.98 Å². The second-order valence-corrected chi connectivity index (χ2v) is 3.23. The van der Waals surface area contributed by atoms with Crippen molar-refractivity contribution in [3.05, 3.63) is 53.9 Å². The van der Waals surface area contributed by atoms with Gasteiger partial charge in [0.2, 0.25) is 0 Å². The average Bonchev–Trinajstić information content (AvgIpc) is 2.40. The summed E-state index contributed by atoms with van der Waals surface area (Å²) in [6.07, 6.45) is 3.19. The van der Waals surface area contributed by atoms with Gasteiger partial charge in [0.25, 0.3) is 0 Å². The van der Waals surface area contributed by atoms with Crippen LogP contribution in [-0.2, 0) is 0 Å². The molecule has 0 saturated heterocycles. The van der Waals surface area contributed by atoms with Gasteiger partial charge in [0.1, 0.15) is 17.6 Å². The first-order chi connectivity index (χ1) is 8.33. The summed E-state index contributed by atoms with van der Waals surface area (Å²) in [5.74, 6) is 0.966. The number of pyridine rings is 1. The molecule has 0 spiro atoms. The molecule has 0 atom stereocenters. The molecule has 0 fully saturated rings. The van der Waals surface area contributed by atoms with Gasteiger partial charge in [0.05, 0.1) is 23.4 Å². The SMILES string of the molecule is N#Cc1ccc(Oc2cccnc2)c(C#N)c1. The molecule has 0 saturated carbocycles. The van der Waals surface area contributed by atoms with Crippen LogP contribution in [0.3, 0.4) is 0 Å². The van der Waals surface area contributed by atoms with Gasteiger partial charge in [-0.1, -0.05) is 0 Å². The zero-order chi connectivity index (χ0) is 12.1. The smallest absolute Gasteiger partial charge is 0.145 e. The number of aromatic nitrogens is 1. The fourth-order valence-corrected chi connectivity index (χ4v) is 1.31. The van der Waals surface area contributed by atoms with Crippen molar-refractivity contribution in [1.29, 1.82) is 10.5 Å². The molecule has 0 amide bonds. The summed E-state index contributed by atoms with van der Waals surface area (Å²) >= 11 is 0. The molecular weight excluding hydrogens is 214 g/mol. The van der Waals surface area contributed by atoms with E-state index in [1.165, 1.54) is 6.07 Å². The van der Waals surface area contributed by atoms with Crippen LogP contribution in [0, 0.1) is 22.7 Å². The Labute approximate surface area is 98.3 Å². The number of hydrogen-bond acceptors (Lipinski definition) is 4. The third kappa shape index (κ3) is 2.39. The highest BCUT2D eigenvalue weighted by Gasteiger charge is 2.05. The van der Waals surface area contributed by atoms with E-state index in [1.807, 2.05) is 12.1 Å². The summed E-state index contributed by atoms with van der Waals surface area (Å²) in [6.45, 7) is 0. The van der Waals surface area contributed by atoms with Gasteiger partial charge in [0, 0.05) is 6.20 Å². The number of nitriles is 2. The summed E-state index contributed by atoms with van der Waals surface area (Å²) in [5.41, 5.74) is 0.757. The Morgan fingerprint density at radius 1 is 1.12 bits per heavy atom. The van der Waals surface area contributed by atoms with Crippen molar-refractivity contribution in [3.63, 3.8) is 0 Å². The molecule has 0 N–H and O–H groups in total. The van der Waals surface area contributed by atoms with E-state index < -0.39 is 0 Å². The normalized spacial score (nSPS) is 9.06. The van der Waals surface area contributed by atoms with E-state index in [0.29, 0.717) is 22.6 Å². The lowest BCUT2D eigenvalue weighted by atomic mass is 10.1. The van der Waals surface area contributed by atoms with Crippen molar-refractivity contribution >= 4 is 0 Å². The fraction of sp³-hybridized carbons (Fsp3) is 0. The summed E-state index contributed by atoms with van der Waals surface area (Å²) in [5, 5.41) is 17.7. The van der Waals surface area contributed by atoms with Crippen LogP contribution in [0.1, 0.15) is 11.1 Å². The first-order valence-corrected chi connectivity index (χ1v) is 4.85. The molecule has 1 heterocycles. The Morgan fingerprint density at radius 2 is 2.00 bits per heavy atom. The molecule has 1 aromatic heterocycles. The molecule has 0 bridgehead atoms. The molecule has 1 aromatic carbocycles. The maximum Gasteiger partial charge on any atom is 0.145 e. The third-order valence-electron chi connectivity index (χ3n) is 2.09. The zero-order valence-electron chi connectivity index (χ0n) is 8.79. The predicted octanol–water partition coefficient (Wildman–Crippen LogP) is 2.62. The van der Waals surface area contributed by atoms with Crippen molar-refractivity contribution in [3.8, 4) is 23.6 Å². The van der Waals surface area contributed by atoms with Gasteiger partial charge in [-0.3, -0.25) is 4.98 Å². The third-order valence-corrected chi connectivity index (χ3v) is 2.09.